The fraction of sp³-hybridized carbons (Fsp3) is 0.429. The molecular weight excluding hydrogens is 462 g/mol. The lowest BCUT2D eigenvalue weighted by molar-refractivity contribution is -0.133. The molecule has 194 valence electrons. The number of imidazole rings is 1. The predicted molar refractivity (Wildman–Crippen MR) is 137 cm³/mol. The standard InChI is InChI=1S/C28H36F2N4O2/c1-28(2,3)25(33-27(35)24(36-4)14-13-22(31)16-29)26-32-17-23(20-11-8-12-21(30)15-20)34(26)18-19-9-6-5-7-10-19/h5-12,15,17,22,24-25H,13-14,16,18,31H2,1-4H3,(H,33,35)/t22-,24?,25-/m0/s1. The van der Waals surface area contributed by atoms with Crippen LogP contribution in [0.5, 0.6) is 0 Å². The van der Waals surface area contributed by atoms with E-state index in [0.717, 1.165) is 11.3 Å². The van der Waals surface area contributed by atoms with Gasteiger partial charge < -0.3 is 20.4 Å². The first-order valence-corrected chi connectivity index (χ1v) is 12.1. The minimum absolute atomic E-state index is 0.303. The molecule has 1 heterocycles. The Balaban J connectivity index is 2.00. The lowest BCUT2D eigenvalue weighted by atomic mass is 9.85. The first-order valence-electron chi connectivity index (χ1n) is 12.1. The molecule has 0 fully saturated rings. The Morgan fingerprint density at radius 1 is 1.14 bits per heavy atom. The number of carbonyl (C=O) groups excluding carboxylic acids is 1. The summed E-state index contributed by atoms with van der Waals surface area (Å²) >= 11 is 0. The van der Waals surface area contributed by atoms with Crippen LogP contribution in [0.3, 0.4) is 0 Å². The molecule has 0 radical (unpaired) electrons. The van der Waals surface area contributed by atoms with Crippen LogP contribution < -0.4 is 11.1 Å². The van der Waals surface area contributed by atoms with Gasteiger partial charge in [0.2, 0.25) is 5.91 Å². The highest BCUT2D eigenvalue weighted by Crippen LogP contribution is 2.35. The van der Waals surface area contributed by atoms with Gasteiger partial charge in [-0.2, -0.15) is 0 Å². The number of nitrogens with one attached hydrogen (secondary N) is 1. The molecule has 1 aromatic heterocycles. The van der Waals surface area contributed by atoms with E-state index in [2.05, 4.69) is 5.32 Å². The SMILES string of the molecule is COC(CC[C@H](N)CF)C(=O)N[C@@H](c1ncc(-c2cccc(F)c2)n1Cc1ccccc1)C(C)(C)C. The molecule has 1 unspecified atom stereocenters. The smallest absolute Gasteiger partial charge is 0.249 e. The van der Waals surface area contributed by atoms with Gasteiger partial charge in [0.15, 0.2) is 0 Å². The van der Waals surface area contributed by atoms with Crippen molar-refractivity contribution in [3.8, 4) is 11.3 Å². The molecular formula is C28H36F2N4O2. The highest BCUT2D eigenvalue weighted by molar-refractivity contribution is 5.81. The zero-order valence-electron chi connectivity index (χ0n) is 21.4. The molecule has 1 amide bonds. The maximum absolute atomic E-state index is 14.1. The maximum atomic E-state index is 14.1. The predicted octanol–water partition coefficient (Wildman–Crippen LogP) is 5.03. The first kappa shape index (κ1) is 27.5. The summed E-state index contributed by atoms with van der Waals surface area (Å²) in [6, 6.07) is 15.2. The number of hydrogen-bond acceptors (Lipinski definition) is 4. The molecule has 36 heavy (non-hydrogen) atoms. The number of alkyl halides is 1. The lowest BCUT2D eigenvalue weighted by Crippen LogP contribution is -2.44. The Morgan fingerprint density at radius 2 is 1.86 bits per heavy atom. The van der Waals surface area contributed by atoms with Gasteiger partial charge in [-0.1, -0.05) is 63.2 Å². The van der Waals surface area contributed by atoms with Crippen molar-refractivity contribution in [2.75, 3.05) is 13.8 Å². The number of amides is 1. The topological polar surface area (TPSA) is 82.2 Å². The van der Waals surface area contributed by atoms with Crippen LogP contribution in [0, 0.1) is 11.2 Å². The summed E-state index contributed by atoms with van der Waals surface area (Å²) in [7, 11) is 1.45. The van der Waals surface area contributed by atoms with E-state index in [9.17, 15) is 13.6 Å². The van der Waals surface area contributed by atoms with E-state index in [1.165, 1.54) is 19.2 Å². The average Bonchev–Trinajstić information content (AvgIpc) is 3.25. The van der Waals surface area contributed by atoms with Gasteiger partial charge in [-0.05, 0) is 36.0 Å². The third kappa shape index (κ3) is 6.98. The van der Waals surface area contributed by atoms with Crippen molar-refractivity contribution in [3.05, 3.63) is 78.0 Å². The summed E-state index contributed by atoms with van der Waals surface area (Å²) < 4.78 is 34.3. The summed E-state index contributed by atoms with van der Waals surface area (Å²) in [6.45, 7) is 5.89. The second kappa shape index (κ2) is 12.2. The van der Waals surface area contributed by atoms with E-state index in [1.807, 2.05) is 61.7 Å². The number of hydrogen-bond donors (Lipinski definition) is 2. The minimum Gasteiger partial charge on any atom is -0.372 e. The summed E-state index contributed by atoms with van der Waals surface area (Å²) in [5.74, 6) is -0.00376. The molecule has 6 nitrogen and oxygen atoms in total. The van der Waals surface area contributed by atoms with Gasteiger partial charge in [0.25, 0.3) is 0 Å². The van der Waals surface area contributed by atoms with Gasteiger partial charge in [-0.25, -0.2) is 13.8 Å². The molecule has 0 bridgehead atoms. The van der Waals surface area contributed by atoms with Crippen LogP contribution in [0.2, 0.25) is 0 Å². The van der Waals surface area contributed by atoms with Crippen LogP contribution in [0.25, 0.3) is 11.3 Å². The quantitative estimate of drug-likeness (QED) is 0.388. The van der Waals surface area contributed by atoms with Crippen molar-refractivity contribution in [3.63, 3.8) is 0 Å². The van der Waals surface area contributed by atoms with E-state index >= 15 is 0 Å². The summed E-state index contributed by atoms with van der Waals surface area (Å²) in [5, 5.41) is 3.11. The number of rotatable bonds is 11. The third-order valence-electron chi connectivity index (χ3n) is 6.18. The van der Waals surface area contributed by atoms with E-state index < -0.39 is 30.3 Å². The summed E-state index contributed by atoms with van der Waals surface area (Å²) in [5.41, 5.74) is 7.77. The third-order valence-corrected chi connectivity index (χ3v) is 6.18. The molecule has 8 heteroatoms. The van der Waals surface area contributed by atoms with Gasteiger partial charge in [0.05, 0.1) is 17.9 Å². The number of nitrogens with two attached hydrogens (primary N) is 1. The molecule has 3 atom stereocenters. The second-order valence-electron chi connectivity index (χ2n) is 10.1. The van der Waals surface area contributed by atoms with Crippen LogP contribution in [0.15, 0.2) is 60.8 Å². The fourth-order valence-corrected chi connectivity index (χ4v) is 4.13. The van der Waals surface area contributed by atoms with Crippen molar-refractivity contribution in [2.24, 2.45) is 11.1 Å². The molecule has 3 N–H and O–H groups in total. The lowest BCUT2D eigenvalue weighted by Gasteiger charge is -2.33. The number of aromatic nitrogens is 2. The fourth-order valence-electron chi connectivity index (χ4n) is 4.13. The van der Waals surface area contributed by atoms with Crippen molar-refractivity contribution in [1.82, 2.24) is 14.9 Å². The van der Waals surface area contributed by atoms with Gasteiger partial charge in [-0.3, -0.25) is 4.79 Å². The number of ether oxygens (including phenoxy) is 1. The van der Waals surface area contributed by atoms with Gasteiger partial charge in [0, 0.05) is 25.3 Å². The van der Waals surface area contributed by atoms with Crippen LogP contribution in [-0.4, -0.2) is 41.4 Å². The second-order valence-corrected chi connectivity index (χ2v) is 10.1. The van der Waals surface area contributed by atoms with Crippen molar-refractivity contribution in [2.45, 2.75) is 58.3 Å². The Morgan fingerprint density at radius 3 is 2.47 bits per heavy atom. The monoisotopic (exact) mass is 498 g/mol. The normalized spacial score (nSPS) is 14.3. The number of methoxy groups -OCH3 is 1. The molecule has 3 rings (SSSR count). The molecule has 0 saturated heterocycles. The molecule has 0 aliphatic carbocycles. The zero-order chi connectivity index (χ0) is 26.3. The van der Waals surface area contributed by atoms with E-state index in [0.29, 0.717) is 30.8 Å². The summed E-state index contributed by atoms with van der Waals surface area (Å²) in [6.07, 6.45) is 1.57. The highest BCUT2D eigenvalue weighted by Gasteiger charge is 2.34. The largest absolute Gasteiger partial charge is 0.372 e. The van der Waals surface area contributed by atoms with E-state index in [1.54, 1.807) is 12.3 Å². The Labute approximate surface area is 211 Å². The first-order chi connectivity index (χ1) is 17.1. The number of carbonyl (C=O) groups is 1. The molecule has 2 aromatic carbocycles. The Kier molecular flexibility index (Phi) is 9.34. The molecule has 0 aliphatic rings. The van der Waals surface area contributed by atoms with Gasteiger partial charge in [-0.15, -0.1) is 0 Å². The number of halogens is 2. The van der Waals surface area contributed by atoms with Gasteiger partial charge >= 0.3 is 0 Å². The minimum atomic E-state index is -0.771. The molecule has 0 saturated carbocycles. The van der Waals surface area contributed by atoms with Crippen molar-refractivity contribution in [1.29, 1.82) is 0 Å². The van der Waals surface area contributed by atoms with Crippen molar-refractivity contribution < 1.29 is 18.3 Å². The Hall–Kier alpha value is -3.10. The van der Waals surface area contributed by atoms with Crippen LogP contribution in [0.4, 0.5) is 8.78 Å². The number of benzene rings is 2. The molecule has 0 spiro atoms. The van der Waals surface area contributed by atoms with E-state index in [-0.39, 0.29) is 11.7 Å². The maximum Gasteiger partial charge on any atom is 0.249 e. The molecule has 0 aliphatic heterocycles. The van der Waals surface area contributed by atoms with E-state index in [4.69, 9.17) is 15.5 Å². The molecule has 3 aromatic rings. The van der Waals surface area contributed by atoms with Crippen LogP contribution in [-0.2, 0) is 16.1 Å². The highest BCUT2D eigenvalue weighted by atomic mass is 19.1. The Bertz CT molecular complexity index is 1130. The van der Waals surface area contributed by atoms with Crippen molar-refractivity contribution >= 4 is 5.91 Å². The number of nitrogens with zero attached hydrogens (tertiary/aromatic N) is 2. The van der Waals surface area contributed by atoms with Crippen LogP contribution >= 0.6 is 0 Å². The zero-order valence-corrected chi connectivity index (χ0v) is 21.4. The summed E-state index contributed by atoms with van der Waals surface area (Å²) in [4.78, 5) is 18.0. The van der Waals surface area contributed by atoms with Crippen LogP contribution in [0.1, 0.15) is 51.0 Å². The van der Waals surface area contributed by atoms with Gasteiger partial charge in [0.1, 0.15) is 24.4 Å². The average molecular weight is 499 g/mol.